The Bertz CT molecular complexity index is 760. The van der Waals surface area contributed by atoms with Crippen molar-refractivity contribution in [2.45, 2.75) is 19.3 Å². The van der Waals surface area contributed by atoms with E-state index in [-0.39, 0.29) is 5.91 Å². The van der Waals surface area contributed by atoms with Crippen LogP contribution in [0, 0.1) is 0 Å². The molecule has 0 saturated carbocycles. The molecule has 6 heteroatoms. The van der Waals surface area contributed by atoms with Gasteiger partial charge in [-0.2, -0.15) is 0 Å². The second kappa shape index (κ2) is 10.3. The monoisotopic (exact) mass is 373 g/mol. The maximum absolute atomic E-state index is 12.2. The third kappa shape index (κ3) is 5.29. The molecule has 2 aromatic rings. The lowest BCUT2D eigenvalue weighted by Crippen LogP contribution is -2.26. The van der Waals surface area contributed by atoms with Gasteiger partial charge < -0.3 is 24.3 Å². The maximum Gasteiger partial charge on any atom is 0.220 e. The SMILES string of the molecule is COc1ccccc1CCNC(=O)CCc1ccc(OC)c(OC)c1OC. The van der Waals surface area contributed by atoms with Crippen LogP contribution in [-0.4, -0.2) is 40.9 Å². The Morgan fingerprint density at radius 1 is 0.778 bits per heavy atom. The number of aryl methyl sites for hydroxylation is 1. The predicted molar refractivity (Wildman–Crippen MR) is 104 cm³/mol. The summed E-state index contributed by atoms with van der Waals surface area (Å²) in [6, 6.07) is 11.5. The van der Waals surface area contributed by atoms with Crippen LogP contribution in [-0.2, 0) is 17.6 Å². The summed E-state index contributed by atoms with van der Waals surface area (Å²) in [7, 11) is 6.36. The highest BCUT2D eigenvalue weighted by Gasteiger charge is 2.16. The molecule has 0 saturated heterocycles. The zero-order valence-corrected chi connectivity index (χ0v) is 16.3. The average Bonchev–Trinajstić information content (AvgIpc) is 2.71. The molecular formula is C21H27NO5. The van der Waals surface area contributed by atoms with Gasteiger partial charge in [0, 0.05) is 13.0 Å². The molecule has 0 spiro atoms. The van der Waals surface area contributed by atoms with Gasteiger partial charge in [-0.1, -0.05) is 24.3 Å². The molecule has 2 rings (SSSR count). The van der Waals surface area contributed by atoms with Crippen molar-refractivity contribution >= 4 is 5.91 Å². The van der Waals surface area contributed by atoms with Crippen molar-refractivity contribution in [3.05, 3.63) is 47.5 Å². The fourth-order valence-electron chi connectivity index (χ4n) is 2.94. The van der Waals surface area contributed by atoms with E-state index in [1.165, 1.54) is 0 Å². The summed E-state index contributed by atoms with van der Waals surface area (Å²) < 4.78 is 21.4. The maximum atomic E-state index is 12.2. The molecule has 0 aliphatic carbocycles. The average molecular weight is 373 g/mol. The van der Waals surface area contributed by atoms with E-state index in [2.05, 4.69) is 5.32 Å². The number of methoxy groups -OCH3 is 4. The highest BCUT2D eigenvalue weighted by Crippen LogP contribution is 2.40. The van der Waals surface area contributed by atoms with E-state index in [0.29, 0.717) is 36.6 Å². The molecule has 0 fully saturated rings. The summed E-state index contributed by atoms with van der Waals surface area (Å²) in [5.74, 6) is 2.55. The van der Waals surface area contributed by atoms with Crippen LogP contribution in [0.1, 0.15) is 17.5 Å². The van der Waals surface area contributed by atoms with Gasteiger partial charge in [0.25, 0.3) is 0 Å². The number of rotatable bonds is 10. The summed E-state index contributed by atoms with van der Waals surface area (Å²) in [5.41, 5.74) is 1.97. The molecule has 0 atom stereocenters. The minimum absolute atomic E-state index is 0.0123. The van der Waals surface area contributed by atoms with E-state index in [9.17, 15) is 4.79 Å². The lowest BCUT2D eigenvalue weighted by Gasteiger charge is -2.15. The second-order valence-corrected chi connectivity index (χ2v) is 5.91. The van der Waals surface area contributed by atoms with Crippen molar-refractivity contribution in [2.24, 2.45) is 0 Å². The minimum Gasteiger partial charge on any atom is -0.496 e. The van der Waals surface area contributed by atoms with Gasteiger partial charge in [-0.15, -0.1) is 0 Å². The molecule has 0 aliphatic heterocycles. The predicted octanol–water partition coefficient (Wildman–Crippen LogP) is 3.01. The topological polar surface area (TPSA) is 66.0 Å². The van der Waals surface area contributed by atoms with Gasteiger partial charge in [0.2, 0.25) is 11.7 Å². The zero-order chi connectivity index (χ0) is 19.6. The fourth-order valence-corrected chi connectivity index (χ4v) is 2.94. The molecule has 0 aliphatic rings. The Hall–Kier alpha value is -2.89. The first-order valence-corrected chi connectivity index (χ1v) is 8.81. The Kier molecular flexibility index (Phi) is 7.79. The smallest absolute Gasteiger partial charge is 0.220 e. The van der Waals surface area contributed by atoms with E-state index in [1.807, 2.05) is 36.4 Å². The van der Waals surface area contributed by atoms with Gasteiger partial charge in [0.1, 0.15) is 5.75 Å². The molecule has 27 heavy (non-hydrogen) atoms. The molecule has 2 aromatic carbocycles. The summed E-state index contributed by atoms with van der Waals surface area (Å²) in [4.78, 5) is 12.2. The Morgan fingerprint density at radius 3 is 2.15 bits per heavy atom. The van der Waals surface area contributed by atoms with Crippen molar-refractivity contribution in [2.75, 3.05) is 35.0 Å². The number of amides is 1. The van der Waals surface area contributed by atoms with Crippen LogP contribution >= 0.6 is 0 Å². The molecule has 0 radical (unpaired) electrons. The van der Waals surface area contributed by atoms with Crippen molar-refractivity contribution in [1.29, 1.82) is 0 Å². The highest BCUT2D eigenvalue weighted by molar-refractivity contribution is 5.76. The van der Waals surface area contributed by atoms with E-state index in [0.717, 1.165) is 23.3 Å². The number of para-hydroxylation sites is 1. The Morgan fingerprint density at radius 2 is 1.48 bits per heavy atom. The zero-order valence-electron chi connectivity index (χ0n) is 16.3. The molecule has 0 unspecified atom stereocenters. The lowest BCUT2D eigenvalue weighted by molar-refractivity contribution is -0.121. The fraction of sp³-hybridized carbons (Fsp3) is 0.381. The van der Waals surface area contributed by atoms with Crippen LogP contribution in [0.25, 0.3) is 0 Å². The van der Waals surface area contributed by atoms with Crippen LogP contribution in [0.4, 0.5) is 0 Å². The van der Waals surface area contributed by atoms with Gasteiger partial charge in [0.15, 0.2) is 11.5 Å². The normalized spacial score (nSPS) is 10.2. The summed E-state index contributed by atoms with van der Waals surface area (Å²) >= 11 is 0. The van der Waals surface area contributed by atoms with Crippen molar-refractivity contribution in [1.82, 2.24) is 5.32 Å². The van der Waals surface area contributed by atoms with E-state index < -0.39 is 0 Å². The summed E-state index contributed by atoms with van der Waals surface area (Å²) in [5, 5.41) is 2.95. The van der Waals surface area contributed by atoms with Crippen molar-refractivity contribution < 1.29 is 23.7 Å². The van der Waals surface area contributed by atoms with Crippen LogP contribution in [0.15, 0.2) is 36.4 Å². The number of carbonyl (C=O) groups excluding carboxylic acids is 1. The van der Waals surface area contributed by atoms with E-state index in [1.54, 1.807) is 28.4 Å². The van der Waals surface area contributed by atoms with Crippen LogP contribution in [0.2, 0.25) is 0 Å². The minimum atomic E-state index is -0.0123. The Labute approximate surface area is 160 Å². The first kappa shape index (κ1) is 20.4. The molecule has 1 amide bonds. The van der Waals surface area contributed by atoms with Gasteiger partial charge in [0.05, 0.1) is 28.4 Å². The quantitative estimate of drug-likeness (QED) is 0.693. The largest absolute Gasteiger partial charge is 0.496 e. The van der Waals surface area contributed by atoms with Crippen LogP contribution in [0.5, 0.6) is 23.0 Å². The third-order valence-corrected chi connectivity index (χ3v) is 4.32. The van der Waals surface area contributed by atoms with Crippen molar-refractivity contribution in [3.63, 3.8) is 0 Å². The first-order chi connectivity index (χ1) is 13.1. The Balaban J connectivity index is 1.90. The van der Waals surface area contributed by atoms with E-state index >= 15 is 0 Å². The molecule has 0 bridgehead atoms. The number of ether oxygens (including phenoxy) is 4. The third-order valence-electron chi connectivity index (χ3n) is 4.32. The lowest BCUT2D eigenvalue weighted by atomic mass is 10.1. The van der Waals surface area contributed by atoms with Crippen LogP contribution in [0.3, 0.4) is 0 Å². The number of hydrogen-bond acceptors (Lipinski definition) is 5. The summed E-state index contributed by atoms with van der Waals surface area (Å²) in [6.07, 6.45) is 1.62. The number of nitrogens with one attached hydrogen (secondary N) is 1. The molecule has 146 valence electrons. The molecule has 6 nitrogen and oxygen atoms in total. The van der Waals surface area contributed by atoms with Gasteiger partial charge >= 0.3 is 0 Å². The van der Waals surface area contributed by atoms with E-state index in [4.69, 9.17) is 18.9 Å². The van der Waals surface area contributed by atoms with Gasteiger partial charge in [-0.05, 0) is 36.1 Å². The highest BCUT2D eigenvalue weighted by atomic mass is 16.5. The van der Waals surface area contributed by atoms with Crippen molar-refractivity contribution in [3.8, 4) is 23.0 Å². The van der Waals surface area contributed by atoms with Gasteiger partial charge in [-0.25, -0.2) is 0 Å². The molecule has 0 heterocycles. The first-order valence-electron chi connectivity index (χ1n) is 8.81. The van der Waals surface area contributed by atoms with Crippen LogP contribution < -0.4 is 24.3 Å². The number of hydrogen-bond donors (Lipinski definition) is 1. The molecule has 0 aromatic heterocycles. The summed E-state index contributed by atoms with van der Waals surface area (Å²) in [6.45, 7) is 0.558. The molecule has 1 N–H and O–H groups in total. The standard InChI is InChI=1S/C21H27NO5/c1-24-17-8-6-5-7-15(17)13-14-22-19(23)12-10-16-9-11-18(25-2)21(27-4)20(16)26-3/h5-9,11H,10,12-14H2,1-4H3,(H,22,23). The number of carbonyl (C=O) groups is 1. The second-order valence-electron chi connectivity index (χ2n) is 5.91. The van der Waals surface area contributed by atoms with Gasteiger partial charge in [-0.3, -0.25) is 4.79 Å². The molecular weight excluding hydrogens is 346 g/mol. The number of benzene rings is 2.